The molecular formula is C24H27N3O2S. The number of thiazole rings is 1. The monoisotopic (exact) mass is 421 g/mol. The fourth-order valence-corrected chi connectivity index (χ4v) is 5.69. The molecule has 1 aromatic heterocycles. The van der Waals surface area contributed by atoms with Crippen LogP contribution >= 0.6 is 11.3 Å². The number of amides is 1. The van der Waals surface area contributed by atoms with Crippen molar-refractivity contribution in [2.75, 3.05) is 31.6 Å². The molecule has 3 heterocycles. The Kier molecular flexibility index (Phi) is 5.11. The molecule has 1 saturated heterocycles. The Morgan fingerprint density at radius 2 is 1.93 bits per heavy atom. The molecule has 6 heteroatoms. The van der Waals surface area contributed by atoms with Crippen LogP contribution in [0.3, 0.4) is 0 Å². The molecule has 0 N–H and O–H groups in total. The second-order valence-corrected chi connectivity index (χ2v) is 9.38. The molecule has 0 saturated carbocycles. The Bertz CT molecular complexity index is 1090. The van der Waals surface area contributed by atoms with Crippen molar-refractivity contribution in [3.63, 3.8) is 0 Å². The topological polar surface area (TPSA) is 45.7 Å². The summed E-state index contributed by atoms with van der Waals surface area (Å²) in [5.74, 6) is 1.33. The van der Waals surface area contributed by atoms with E-state index in [1.807, 2.05) is 6.07 Å². The van der Waals surface area contributed by atoms with Gasteiger partial charge in [-0.1, -0.05) is 23.5 Å². The molecule has 0 bridgehead atoms. The van der Waals surface area contributed by atoms with Gasteiger partial charge in [-0.15, -0.1) is 0 Å². The molecule has 0 unspecified atom stereocenters. The SMILES string of the molecule is COc1ccc2c(c1)CCN(C(=O)C1CCN(c3nc4ccc(C)cc4s3)CC1)C2. The highest BCUT2D eigenvalue weighted by atomic mass is 32.1. The second-order valence-electron chi connectivity index (χ2n) is 8.37. The number of ether oxygens (including phenoxy) is 1. The highest BCUT2D eigenvalue weighted by molar-refractivity contribution is 7.22. The number of rotatable bonds is 3. The standard InChI is InChI=1S/C24H27N3O2S/c1-16-3-6-21-22(13-16)30-24(25-21)26-10-7-17(8-11-26)23(28)27-12-9-18-14-20(29-2)5-4-19(18)15-27/h3-6,13-14,17H,7-12,15H2,1-2H3. The minimum absolute atomic E-state index is 0.123. The summed E-state index contributed by atoms with van der Waals surface area (Å²) in [5, 5.41) is 1.09. The van der Waals surface area contributed by atoms with Crippen molar-refractivity contribution >= 4 is 32.6 Å². The summed E-state index contributed by atoms with van der Waals surface area (Å²) < 4.78 is 6.57. The Balaban J connectivity index is 1.22. The highest BCUT2D eigenvalue weighted by Gasteiger charge is 2.31. The molecule has 1 fully saturated rings. The van der Waals surface area contributed by atoms with Gasteiger partial charge in [0, 0.05) is 32.1 Å². The van der Waals surface area contributed by atoms with Crippen LogP contribution in [0.1, 0.15) is 29.5 Å². The van der Waals surface area contributed by atoms with Gasteiger partial charge in [0.1, 0.15) is 5.75 Å². The average molecular weight is 422 g/mol. The van der Waals surface area contributed by atoms with Crippen molar-refractivity contribution < 1.29 is 9.53 Å². The number of fused-ring (bicyclic) bond motifs is 2. The molecule has 2 aliphatic heterocycles. The Labute approximate surface area is 181 Å². The minimum atomic E-state index is 0.123. The first-order valence-corrected chi connectivity index (χ1v) is 11.5. The number of nitrogens with zero attached hydrogens (tertiary/aromatic N) is 3. The van der Waals surface area contributed by atoms with Crippen LogP contribution in [-0.4, -0.2) is 42.5 Å². The molecule has 5 rings (SSSR count). The first-order chi connectivity index (χ1) is 14.6. The van der Waals surface area contributed by atoms with Gasteiger partial charge in [0.2, 0.25) is 5.91 Å². The van der Waals surface area contributed by atoms with Crippen molar-refractivity contribution in [2.24, 2.45) is 5.92 Å². The Hall–Kier alpha value is -2.60. The molecule has 30 heavy (non-hydrogen) atoms. The second kappa shape index (κ2) is 7.91. The number of benzene rings is 2. The molecule has 156 valence electrons. The lowest BCUT2D eigenvalue weighted by Crippen LogP contribution is -2.44. The van der Waals surface area contributed by atoms with Crippen LogP contribution < -0.4 is 9.64 Å². The number of anilines is 1. The van der Waals surface area contributed by atoms with Gasteiger partial charge in [-0.2, -0.15) is 0 Å². The van der Waals surface area contributed by atoms with E-state index in [9.17, 15) is 4.79 Å². The first-order valence-electron chi connectivity index (χ1n) is 10.7. The van der Waals surface area contributed by atoms with E-state index < -0.39 is 0 Å². The van der Waals surface area contributed by atoms with Crippen molar-refractivity contribution in [2.45, 2.75) is 32.7 Å². The summed E-state index contributed by atoms with van der Waals surface area (Å²) in [4.78, 5) is 22.4. The Morgan fingerprint density at radius 3 is 2.73 bits per heavy atom. The average Bonchev–Trinajstić information content (AvgIpc) is 3.21. The van der Waals surface area contributed by atoms with Crippen LogP contribution in [0, 0.1) is 12.8 Å². The lowest BCUT2D eigenvalue weighted by molar-refractivity contribution is -0.137. The van der Waals surface area contributed by atoms with Gasteiger partial charge in [0.05, 0.1) is 17.3 Å². The molecule has 2 aliphatic rings. The van der Waals surface area contributed by atoms with E-state index in [-0.39, 0.29) is 5.92 Å². The number of methoxy groups -OCH3 is 1. The fourth-order valence-electron chi connectivity index (χ4n) is 4.58. The van der Waals surface area contributed by atoms with Crippen LogP contribution in [0.5, 0.6) is 5.75 Å². The number of carbonyl (C=O) groups excluding carboxylic acids is 1. The van der Waals surface area contributed by atoms with Gasteiger partial charge in [-0.25, -0.2) is 4.98 Å². The fraction of sp³-hybridized carbons (Fsp3) is 0.417. The molecule has 3 aromatic rings. The number of piperidine rings is 1. The summed E-state index contributed by atoms with van der Waals surface area (Å²) in [6.45, 7) is 5.44. The number of hydrogen-bond acceptors (Lipinski definition) is 5. The molecule has 0 aliphatic carbocycles. The molecule has 1 amide bonds. The third-order valence-electron chi connectivity index (χ3n) is 6.38. The van der Waals surface area contributed by atoms with Crippen LogP contribution in [0.2, 0.25) is 0 Å². The van der Waals surface area contributed by atoms with Crippen LogP contribution in [0.4, 0.5) is 5.13 Å². The molecule has 0 atom stereocenters. The van der Waals surface area contributed by atoms with E-state index in [2.05, 4.69) is 47.1 Å². The zero-order valence-electron chi connectivity index (χ0n) is 17.6. The molecule has 2 aromatic carbocycles. The smallest absolute Gasteiger partial charge is 0.226 e. The largest absolute Gasteiger partial charge is 0.497 e. The predicted octanol–water partition coefficient (Wildman–Crippen LogP) is 4.41. The van der Waals surface area contributed by atoms with Gasteiger partial charge < -0.3 is 14.5 Å². The number of hydrogen-bond donors (Lipinski definition) is 0. The van der Waals surface area contributed by atoms with E-state index in [0.29, 0.717) is 5.91 Å². The van der Waals surface area contributed by atoms with E-state index in [1.54, 1.807) is 18.4 Å². The van der Waals surface area contributed by atoms with Gasteiger partial charge >= 0.3 is 0 Å². The maximum atomic E-state index is 13.2. The number of aromatic nitrogens is 1. The molecule has 0 spiro atoms. The zero-order chi connectivity index (χ0) is 20.7. The third-order valence-corrected chi connectivity index (χ3v) is 7.46. The normalized spacial score (nSPS) is 17.3. The van der Waals surface area contributed by atoms with E-state index >= 15 is 0 Å². The summed E-state index contributed by atoms with van der Waals surface area (Å²) in [6.07, 6.45) is 2.71. The molecule has 5 nitrogen and oxygen atoms in total. The van der Waals surface area contributed by atoms with Gasteiger partial charge in [-0.3, -0.25) is 4.79 Å². The van der Waals surface area contributed by atoms with Gasteiger partial charge in [-0.05, 0) is 67.1 Å². The number of aryl methyl sites for hydroxylation is 1. The van der Waals surface area contributed by atoms with Crippen LogP contribution in [0.25, 0.3) is 10.2 Å². The molecular weight excluding hydrogens is 394 g/mol. The van der Waals surface area contributed by atoms with Crippen molar-refractivity contribution in [3.05, 3.63) is 53.1 Å². The third kappa shape index (κ3) is 3.65. The number of carbonyl (C=O) groups is 1. The van der Waals surface area contributed by atoms with E-state index in [0.717, 1.165) is 61.8 Å². The summed E-state index contributed by atoms with van der Waals surface area (Å²) in [6, 6.07) is 12.6. The molecule has 0 radical (unpaired) electrons. The van der Waals surface area contributed by atoms with Crippen molar-refractivity contribution in [3.8, 4) is 5.75 Å². The van der Waals surface area contributed by atoms with Gasteiger partial charge in [0.25, 0.3) is 0 Å². The van der Waals surface area contributed by atoms with E-state index in [4.69, 9.17) is 9.72 Å². The lowest BCUT2D eigenvalue weighted by Gasteiger charge is -2.36. The zero-order valence-corrected chi connectivity index (χ0v) is 18.4. The van der Waals surface area contributed by atoms with Crippen molar-refractivity contribution in [1.82, 2.24) is 9.88 Å². The van der Waals surface area contributed by atoms with Crippen LogP contribution in [0.15, 0.2) is 36.4 Å². The lowest BCUT2D eigenvalue weighted by atomic mass is 9.93. The maximum Gasteiger partial charge on any atom is 0.226 e. The summed E-state index contributed by atoms with van der Waals surface area (Å²) in [7, 11) is 1.70. The quantitative estimate of drug-likeness (QED) is 0.628. The van der Waals surface area contributed by atoms with E-state index in [1.165, 1.54) is 21.4 Å². The predicted molar refractivity (Wildman–Crippen MR) is 121 cm³/mol. The maximum absolute atomic E-state index is 13.2. The Morgan fingerprint density at radius 1 is 1.10 bits per heavy atom. The minimum Gasteiger partial charge on any atom is -0.497 e. The summed E-state index contributed by atoms with van der Waals surface area (Å²) in [5.41, 5.74) is 4.89. The summed E-state index contributed by atoms with van der Waals surface area (Å²) >= 11 is 1.76. The van der Waals surface area contributed by atoms with Crippen molar-refractivity contribution in [1.29, 1.82) is 0 Å². The first kappa shape index (κ1) is 19.4. The van der Waals surface area contributed by atoms with Gasteiger partial charge in [0.15, 0.2) is 5.13 Å². The van der Waals surface area contributed by atoms with Crippen LogP contribution in [-0.2, 0) is 17.8 Å². The highest BCUT2D eigenvalue weighted by Crippen LogP contribution is 2.33.